The monoisotopic (exact) mass is 230 g/mol. The van der Waals surface area contributed by atoms with Gasteiger partial charge in [0.2, 0.25) is 0 Å². The highest BCUT2D eigenvalue weighted by molar-refractivity contribution is 7.71. The normalized spacial score (nSPS) is 11.1. The number of hydrogen-bond acceptors (Lipinski definition) is 2. The molecule has 2 N–H and O–H groups in total. The number of benzene rings is 1. The van der Waals surface area contributed by atoms with Gasteiger partial charge in [-0.15, -0.1) is 0 Å². The van der Waals surface area contributed by atoms with Gasteiger partial charge in [-0.2, -0.15) is 5.10 Å². The van der Waals surface area contributed by atoms with E-state index >= 15 is 0 Å². The molecule has 0 aliphatic heterocycles. The van der Waals surface area contributed by atoms with Gasteiger partial charge in [0.1, 0.15) is 0 Å². The molecule has 2 aromatic heterocycles. The van der Waals surface area contributed by atoms with Crippen LogP contribution < -0.4 is 0 Å². The molecule has 0 radical (unpaired) electrons. The quantitative estimate of drug-likeness (QED) is 0.631. The van der Waals surface area contributed by atoms with Crippen LogP contribution in [-0.2, 0) is 7.05 Å². The van der Waals surface area contributed by atoms with Crippen LogP contribution in [-0.4, -0.2) is 19.7 Å². The number of nitrogens with one attached hydrogen (secondary N) is 2. The molecule has 1 aromatic carbocycles. The second-order valence-corrected chi connectivity index (χ2v) is 4.07. The van der Waals surface area contributed by atoms with Gasteiger partial charge in [0, 0.05) is 18.0 Å². The molecule has 80 valence electrons. The Morgan fingerprint density at radius 2 is 2.12 bits per heavy atom. The lowest BCUT2D eigenvalue weighted by atomic mass is 10.2. The number of rotatable bonds is 1. The van der Waals surface area contributed by atoms with Gasteiger partial charge >= 0.3 is 0 Å². The Hall–Kier alpha value is -1.88. The minimum absolute atomic E-state index is 0.619. The molecule has 5 heteroatoms. The molecule has 2 heterocycles. The number of para-hydroxylation sites is 1. The zero-order valence-electron chi connectivity index (χ0n) is 8.69. The van der Waals surface area contributed by atoms with Crippen LogP contribution in [0, 0.1) is 4.77 Å². The zero-order chi connectivity index (χ0) is 11.1. The van der Waals surface area contributed by atoms with E-state index in [1.807, 2.05) is 29.8 Å². The van der Waals surface area contributed by atoms with E-state index in [1.54, 1.807) is 0 Å². The SMILES string of the molecule is Cn1c(-c2cc3ccccc3[nH]2)n[nH]c1=S. The van der Waals surface area contributed by atoms with E-state index in [0.717, 1.165) is 17.0 Å². The van der Waals surface area contributed by atoms with Gasteiger partial charge in [0.05, 0.1) is 5.69 Å². The van der Waals surface area contributed by atoms with Gasteiger partial charge in [0.25, 0.3) is 0 Å². The first-order valence-electron chi connectivity index (χ1n) is 4.95. The molecule has 0 aliphatic carbocycles. The van der Waals surface area contributed by atoms with Gasteiger partial charge in [0.15, 0.2) is 10.6 Å². The van der Waals surface area contributed by atoms with Crippen molar-refractivity contribution in [1.29, 1.82) is 0 Å². The predicted octanol–water partition coefficient (Wildman–Crippen LogP) is 2.63. The molecular formula is C11H10N4S. The van der Waals surface area contributed by atoms with E-state index in [1.165, 1.54) is 5.39 Å². The third-order valence-corrected chi connectivity index (χ3v) is 3.02. The Labute approximate surface area is 96.9 Å². The molecule has 0 bridgehead atoms. The smallest absolute Gasteiger partial charge is 0.195 e. The largest absolute Gasteiger partial charge is 0.352 e. The summed E-state index contributed by atoms with van der Waals surface area (Å²) in [6, 6.07) is 10.2. The molecule has 16 heavy (non-hydrogen) atoms. The van der Waals surface area contributed by atoms with Crippen molar-refractivity contribution < 1.29 is 0 Å². The van der Waals surface area contributed by atoms with Crippen molar-refractivity contribution in [3.63, 3.8) is 0 Å². The van der Waals surface area contributed by atoms with Gasteiger partial charge in [-0.1, -0.05) is 18.2 Å². The van der Waals surface area contributed by atoms with Gasteiger partial charge < -0.3 is 9.55 Å². The molecular weight excluding hydrogens is 220 g/mol. The Balaban J connectivity index is 2.26. The van der Waals surface area contributed by atoms with Gasteiger partial charge in [-0.25, -0.2) is 0 Å². The summed E-state index contributed by atoms with van der Waals surface area (Å²) in [4.78, 5) is 3.32. The lowest BCUT2D eigenvalue weighted by molar-refractivity contribution is 0.899. The fraction of sp³-hybridized carbons (Fsp3) is 0.0909. The number of H-pyrrole nitrogens is 2. The van der Waals surface area contributed by atoms with E-state index in [2.05, 4.69) is 27.3 Å². The minimum atomic E-state index is 0.619. The molecule has 0 fully saturated rings. The maximum atomic E-state index is 5.09. The van der Waals surface area contributed by atoms with Crippen molar-refractivity contribution in [1.82, 2.24) is 19.7 Å². The lowest BCUT2D eigenvalue weighted by Crippen LogP contribution is -1.92. The average Bonchev–Trinajstić information content (AvgIpc) is 2.84. The van der Waals surface area contributed by atoms with Crippen LogP contribution in [0.3, 0.4) is 0 Å². The highest BCUT2D eigenvalue weighted by Crippen LogP contribution is 2.21. The van der Waals surface area contributed by atoms with Crippen molar-refractivity contribution in [2.24, 2.45) is 7.05 Å². The van der Waals surface area contributed by atoms with Crippen LogP contribution in [0.2, 0.25) is 0 Å². The summed E-state index contributed by atoms with van der Waals surface area (Å²) in [6.07, 6.45) is 0. The molecule has 0 spiro atoms. The number of fused-ring (bicyclic) bond motifs is 1. The van der Waals surface area contributed by atoms with Crippen LogP contribution >= 0.6 is 12.2 Å². The highest BCUT2D eigenvalue weighted by Gasteiger charge is 2.08. The molecule has 0 unspecified atom stereocenters. The summed E-state index contributed by atoms with van der Waals surface area (Å²) in [5.41, 5.74) is 2.07. The summed E-state index contributed by atoms with van der Waals surface area (Å²) in [5, 5.41) is 8.14. The van der Waals surface area contributed by atoms with E-state index in [4.69, 9.17) is 12.2 Å². The Bertz CT molecular complexity index is 671. The molecule has 0 aliphatic rings. The average molecular weight is 230 g/mol. The van der Waals surface area contributed by atoms with Crippen molar-refractivity contribution in [2.45, 2.75) is 0 Å². The minimum Gasteiger partial charge on any atom is -0.352 e. The fourth-order valence-electron chi connectivity index (χ4n) is 1.78. The maximum absolute atomic E-state index is 5.09. The van der Waals surface area contributed by atoms with Crippen LogP contribution in [0.5, 0.6) is 0 Å². The number of hydrogen-bond donors (Lipinski definition) is 2. The van der Waals surface area contributed by atoms with Crippen LogP contribution in [0.1, 0.15) is 0 Å². The first-order valence-corrected chi connectivity index (χ1v) is 5.36. The van der Waals surface area contributed by atoms with Crippen LogP contribution in [0.15, 0.2) is 30.3 Å². The van der Waals surface area contributed by atoms with Gasteiger partial charge in [-0.05, 0) is 24.4 Å². The van der Waals surface area contributed by atoms with Crippen LogP contribution in [0.25, 0.3) is 22.4 Å². The van der Waals surface area contributed by atoms with Crippen molar-refractivity contribution in [3.05, 3.63) is 35.1 Å². The second kappa shape index (κ2) is 3.31. The van der Waals surface area contributed by atoms with E-state index in [-0.39, 0.29) is 0 Å². The summed E-state index contributed by atoms with van der Waals surface area (Å²) >= 11 is 5.09. The maximum Gasteiger partial charge on any atom is 0.195 e. The lowest BCUT2D eigenvalue weighted by Gasteiger charge is -1.95. The van der Waals surface area contributed by atoms with E-state index < -0.39 is 0 Å². The fourth-order valence-corrected chi connectivity index (χ4v) is 1.91. The molecule has 0 saturated heterocycles. The molecule has 3 rings (SSSR count). The predicted molar refractivity (Wildman–Crippen MR) is 65.7 cm³/mol. The molecule has 0 atom stereocenters. The first kappa shape index (κ1) is 9.35. The summed E-state index contributed by atoms with van der Waals surface area (Å²) in [5.74, 6) is 0.821. The Kier molecular flexibility index (Phi) is 1.94. The molecule has 3 aromatic rings. The summed E-state index contributed by atoms with van der Waals surface area (Å²) < 4.78 is 2.47. The van der Waals surface area contributed by atoms with Crippen molar-refractivity contribution >= 4 is 23.1 Å². The summed E-state index contributed by atoms with van der Waals surface area (Å²) in [7, 11) is 1.90. The standard InChI is InChI=1S/C11H10N4S/c1-15-10(13-14-11(15)16)9-6-7-4-2-3-5-8(7)12-9/h2-6,12H,1H3,(H,14,16). The number of aromatic nitrogens is 4. The highest BCUT2D eigenvalue weighted by atomic mass is 32.1. The molecule has 0 saturated carbocycles. The second-order valence-electron chi connectivity index (χ2n) is 3.68. The Morgan fingerprint density at radius 3 is 2.81 bits per heavy atom. The van der Waals surface area contributed by atoms with E-state index in [9.17, 15) is 0 Å². The molecule has 0 amide bonds. The third kappa shape index (κ3) is 1.29. The first-order chi connectivity index (χ1) is 7.75. The van der Waals surface area contributed by atoms with E-state index in [0.29, 0.717) is 4.77 Å². The molecule has 4 nitrogen and oxygen atoms in total. The summed E-state index contributed by atoms with van der Waals surface area (Å²) in [6.45, 7) is 0. The van der Waals surface area contributed by atoms with Crippen molar-refractivity contribution in [3.8, 4) is 11.5 Å². The third-order valence-electron chi connectivity index (χ3n) is 2.65. The van der Waals surface area contributed by atoms with Crippen LogP contribution in [0.4, 0.5) is 0 Å². The number of aromatic amines is 2. The Morgan fingerprint density at radius 1 is 1.31 bits per heavy atom. The van der Waals surface area contributed by atoms with Crippen molar-refractivity contribution in [2.75, 3.05) is 0 Å². The van der Waals surface area contributed by atoms with Gasteiger partial charge in [-0.3, -0.25) is 5.10 Å². The number of nitrogens with zero attached hydrogens (tertiary/aromatic N) is 2. The topological polar surface area (TPSA) is 49.4 Å². The zero-order valence-corrected chi connectivity index (χ0v) is 9.51.